The zero-order valence-corrected chi connectivity index (χ0v) is 18.7. The highest BCUT2D eigenvalue weighted by molar-refractivity contribution is 7.92. The van der Waals surface area contributed by atoms with Crippen molar-refractivity contribution < 1.29 is 17.6 Å². The van der Waals surface area contributed by atoms with Gasteiger partial charge in [-0.05, 0) is 54.6 Å². The number of anilines is 3. The van der Waals surface area contributed by atoms with Crippen LogP contribution in [0.15, 0.2) is 71.6 Å². The quantitative estimate of drug-likeness (QED) is 0.581. The van der Waals surface area contributed by atoms with Crippen molar-refractivity contribution in [2.45, 2.75) is 4.90 Å². The summed E-state index contributed by atoms with van der Waals surface area (Å²) in [7, 11) is 1.03. The number of hydrogen-bond acceptors (Lipinski definition) is 4. The Balaban J connectivity index is 1.94. The van der Waals surface area contributed by atoms with Crippen molar-refractivity contribution in [1.82, 2.24) is 0 Å². The van der Waals surface area contributed by atoms with E-state index in [9.17, 15) is 17.6 Å². The van der Waals surface area contributed by atoms with Crippen LogP contribution in [0.2, 0.25) is 5.02 Å². The van der Waals surface area contributed by atoms with Crippen LogP contribution in [0.3, 0.4) is 0 Å². The molecule has 31 heavy (non-hydrogen) atoms. The summed E-state index contributed by atoms with van der Waals surface area (Å²) in [5.41, 5.74) is 1.64. The minimum atomic E-state index is -4.01. The van der Waals surface area contributed by atoms with Crippen LogP contribution in [0.25, 0.3) is 0 Å². The number of amides is 1. The smallest absolute Gasteiger partial charge is 0.264 e. The summed E-state index contributed by atoms with van der Waals surface area (Å²) in [5.74, 6) is -1.02. The first-order chi connectivity index (χ1) is 14.6. The van der Waals surface area contributed by atoms with Gasteiger partial charge in [-0.15, -0.1) is 0 Å². The Morgan fingerprint density at radius 1 is 0.968 bits per heavy atom. The van der Waals surface area contributed by atoms with Gasteiger partial charge in [0.15, 0.2) is 0 Å². The van der Waals surface area contributed by atoms with E-state index in [1.165, 1.54) is 49.5 Å². The Kier molecular flexibility index (Phi) is 6.52. The zero-order valence-electron chi connectivity index (χ0n) is 17.1. The number of sulfonamides is 1. The number of nitrogens with one attached hydrogen (secondary N) is 1. The first-order valence-electron chi connectivity index (χ1n) is 9.23. The second-order valence-corrected chi connectivity index (χ2v) is 9.33. The van der Waals surface area contributed by atoms with Gasteiger partial charge in [-0.1, -0.05) is 23.7 Å². The second kappa shape index (κ2) is 8.95. The molecule has 0 spiro atoms. The summed E-state index contributed by atoms with van der Waals surface area (Å²) < 4.78 is 40.3. The van der Waals surface area contributed by atoms with E-state index in [0.29, 0.717) is 5.69 Å². The summed E-state index contributed by atoms with van der Waals surface area (Å²) in [6, 6.07) is 16.2. The van der Waals surface area contributed by atoms with Crippen LogP contribution in [0.5, 0.6) is 0 Å². The largest absolute Gasteiger partial charge is 0.376 e. The molecule has 3 aromatic carbocycles. The van der Waals surface area contributed by atoms with Gasteiger partial charge in [-0.3, -0.25) is 9.10 Å². The molecule has 0 saturated heterocycles. The molecule has 0 aliphatic rings. The maximum atomic E-state index is 13.2. The van der Waals surface area contributed by atoms with E-state index < -0.39 is 21.7 Å². The van der Waals surface area contributed by atoms with Crippen molar-refractivity contribution >= 4 is 44.6 Å². The molecule has 9 heteroatoms. The van der Waals surface area contributed by atoms with Crippen LogP contribution in [0.4, 0.5) is 21.5 Å². The second-order valence-electron chi connectivity index (χ2n) is 6.96. The number of para-hydroxylation sites is 2. The number of rotatable bonds is 6. The topological polar surface area (TPSA) is 69.7 Å². The molecule has 0 aliphatic carbocycles. The molecule has 162 valence electrons. The molecular weight excluding hydrogens is 441 g/mol. The van der Waals surface area contributed by atoms with Gasteiger partial charge in [-0.2, -0.15) is 0 Å². The van der Waals surface area contributed by atoms with Gasteiger partial charge in [0.2, 0.25) is 0 Å². The van der Waals surface area contributed by atoms with Crippen LogP contribution in [0, 0.1) is 5.82 Å². The molecule has 0 fully saturated rings. The lowest BCUT2D eigenvalue weighted by Gasteiger charge is -2.20. The fraction of sp³-hybridized carbons (Fsp3) is 0.136. The number of benzene rings is 3. The van der Waals surface area contributed by atoms with E-state index in [1.54, 1.807) is 12.1 Å². The average Bonchev–Trinajstić information content (AvgIpc) is 2.74. The molecule has 1 N–H and O–H groups in total. The average molecular weight is 462 g/mol. The van der Waals surface area contributed by atoms with Crippen LogP contribution >= 0.6 is 11.6 Å². The molecule has 0 saturated carbocycles. The Morgan fingerprint density at radius 3 is 2.26 bits per heavy atom. The van der Waals surface area contributed by atoms with Gasteiger partial charge in [0.05, 0.1) is 32.5 Å². The lowest BCUT2D eigenvalue weighted by molar-refractivity contribution is 0.102. The first kappa shape index (κ1) is 22.6. The Morgan fingerprint density at radius 2 is 1.61 bits per heavy atom. The summed E-state index contributed by atoms with van der Waals surface area (Å²) in [5, 5.41) is 2.89. The summed E-state index contributed by atoms with van der Waals surface area (Å²) in [6.07, 6.45) is 0. The third kappa shape index (κ3) is 4.81. The Labute approximate surface area is 185 Å². The predicted octanol–water partition coefficient (Wildman–Crippen LogP) is 4.62. The fourth-order valence-corrected chi connectivity index (χ4v) is 4.37. The number of carbonyl (C=O) groups is 1. The first-order valence-corrected chi connectivity index (χ1v) is 11.0. The lowest BCUT2D eigenvalue weighted by Crippen LogP contribution is -2.27. The van der Waals surface area contributed by atoms with Gasteiger partial charge in [-0.25, -0.2) is 12.8 Å². The van der Waals surface area contributed by atoms with Crippen molar-refractivity contribution in [3.63, 3.8) is 0 Å². The van der Waals surface area contributed by atoms with Crippen LogP contribution < -0.4 is 14.5 Å². The lowest BCUT2D eigenvalue weighted by atomic mass is 10.2. The van der Waals surface area contributed by atoms with Crippen molar-refractivity contribution in [1.29, 1.82) is 0 Å². The Bertz CT molecular complexity index is 1210. The Hall–Kier alpha value is -3.10. The van der Waals surface area contributed by atoms with E-state index in [1.807, 2.05) is 31.1 Å². The molecular formula is C22H21ClFN3O3S. The fourth-order valence-electron chi connectivity index (χ4n) is 2.95. The molecule has 1 amide bonds. The third-order valence-corrected chi connectivity index (χ3v) is 6.78. The molecule has 0 unspecified atom stereocenters. The van der Waals surface area contributed by atoms with Gasteiger partial charge < -0.3 is 10.2 Å². The highest BCUT2D eigenvalue weighted by Crippen LogP contribution is 2.28. The molecule has 6 nitrogen and oxygen atoms in total. The van der Waals surface area contributed by atoms with Crippen molar-refractivity contribution in [3.8, 4) is 0 Å². The third-order valence-electron chi connectivity index (χ3n) is 4.67. The standard InChI is InChI=1S/C22H21ClFN3O3S/c1-26(2)21-7-5-4-6-20(21)25-22(28)18-14-17(12-13-19(18)23)31(29,30)27(3)16-10-8-15(24)9-11-16/h4-14H,1-3H3,(H,25,28). The number of carbonyl (C=O) groups excluding carboxylic acids is 1. The van der Waals surface area contributed by atoms with E-state index >= 15 is 0 Å². The van der Waals surface area contributed by atoms with Crippen molar-refractivity contribution in [3.05, 3.63) is 83.1 Å². The minimum Gasteiger partial charge on any atom is -0.376 e. The monoisotopic (exact) mass is 461 g/mol. The van der Waals surface area contributed by atoms with Gasteiger partial charge in [0.25, 0.3) is 15.9 Å². The molecule has 0 bridgehead atoms. The molecule has 0 atom stereocenters. The molecule has 0 aromatic heterocycles. The highest BCUT2D eigenvalue weighted by Gasteiger charge is 2.24. The summed E-state index contributed by atoms with van der Waals surface area (Å²) >= 11 is 6.20. The van der Waals surface area contributed by atoms with Crippen LogP contribution in [0.1, 0.15) is 10.4 Å². The van der Waals surface area contributed by atoms with Gasteiger partial charge in [0, 0.05) is 21.1 Å². The molecule has 0 aliphatic heterocycles. The van der Waals surface area contributed by atoms with Crippen LogP contribution in [-0.2, 0) is 10.0 Å². The SMILES string of the molecule is CN(C)c1ccccc1NC(=O)c1cc(S(=O)(=O)N(C)c2ccc(F)cc2)ccc1Cl. The summed E-state index contributed by atoms with van der Waals surface area (Å²) in [6.45, 7) is 0. The van der Waals surface area contributed by atoms with Gasteiger partial charge in [0.1, 0.15) is 5.82 Å². The summed E-state index contributed by atoms with van der Waals surface area (Å²) in [4.78, 5) is 14.6. The zero-order chi connectivity index (χ0) is 22.8. The van der Waals surface area contributed by atoms with E-state index in [2.05, 4.69) is 5.32 Å². The molecule has 3 aromatic rings. The van der Waals surface area contributed by atoms with Crippen molar-refractivity contribution in [2.24, 2.45) is 0 Å². The number of halogens is 2. The highest BCUT2D eigenvalue weighted by atomic mass is 35.5. The maximum absolute atomic E-state index is 13.2. The van der Waals surface area contributed by atoms with E-state index in [0.717, 1.165) is 9.99 Å². The molecule has 0 heterocycles. The normalized spacial score (nSPS) is 11.1. The van der Waals surface area contributed by atoms with Gasteiger partial charge >= 0.3 is 0 Å². The number of nitrogens with zero attached hydrogens (tertiary/aromatic N) is 2. The van der Waals surface area contributed by atoms with E-state index in [4.69, 9.17) is 11.6 Å². The molecule has 3 rings (SSSR count). The molecule has 0 radical (unpaired) electrons. The maximum Gasteiger partial charge on any atom is 0.264 e. The predicted molar refractivity (Wildman–Crippen MR) is 122 cm³/mol. The van der Waals surface area contributed by atoms with E-state index in [-0.39, 0.29) is 21.2 Å². The minimum absolute atomic E-state index is 0.0174. The van der Waals surface area contributed by atoms with Crippen molar-refractivity contribution in [2.75, 3.05) is 35.7 Å². The van der Waals surface area contributed by atoms with Crippen LogP contribution in [-0.4, -0.2) is 35.5 Å². The number of hydrogen-bond donors (Lipinski definition) is 1.